The van der Waals surface area contributed by atoms with E-state index in [2.05, 4.69) is 53.4 Å². The van der Waals surface area contributed by atoms with E-state index in [1.54, 1.807) is 0 Å². The minimum atomic E-state index is 0.550. The van der Waals surface area contributed by atoms with Gasteiger partial charge in [-0.25, -0.2) is 4.98 Å². The molecule has 26 heavy (non-hydrogen) atoms. The Morgan fingerprint density at radius 3 is 2.15 bits per heavy atom. The molecule has 0 saturated carbocycles. The summed E-state index contributed by atoms with van der Waals surface area (Å²) in [4.78, 5) is 12.5. The van der Waals surface area contributed by atoms with Gasteiger partial charge in [0.25, 0.3) is 0 Å². The molecule has 0 amide bonds. The third kappa shape index (κ3) is 2.99. The molecule has 0 bridgehead atoms. The topological polar surface area (TPSA) is 58.5 Å². The maximum atomic E-state index is 5.53. The molecule has 2 aromatic carbocycles. The summed E-state index contributed by atoms with van der Waals surface area (Å²) in [5, 5.41) is 3.28. The van der Waals surface area contributed by atoms with Gasteiger partial charge in [0.15, 0.2) is 10.4 Å². The molecule has 0 saturated heterocycles. The highest BCUT2D eigenvalue weighted by molar-refractivity contribution is 7.71. The first-order chi connectivity index (χ1) is 12.5. The number of imidazole rings is 1. The van der Waals surface area contributed by atoms with E-state index in [-0.39, 0.29) is 0 Å². The Balaban J connectivity index is 1.84. The first kappa shape index (κ1) is 16.5. The number of aromatic nitrogens is 4. The highest BCUT2D eigenvalue weighted by Gasteiger charge is 2.13. The van der Waals surface area contributed by atoms with E-state index in [0.29, 0.717) is 10.7 Å². The van der Waals surface area contributed by atoms with Crippen LogP contribution in [0.4, 0.5) is 11.6 Å². The molecule has 0 aliphatic heterocycles. The predicted octanol–water partition coefficient (Wildman–Crippen LogP) is 5.15. The maximum Gasteiger partial charge on any atom is 0.229 e. The number of rotatable bonds is 3. The standard InChI is InChI=1S/C20H19N5S/c1-12-4-8-15(9-5-12)22-19-21-14(3)17-18(24-19)25(20(26)23-17)16-10-6-13(2)7-11-16/h4-11H,1-3H3,(H,23,26)(H,21,22,24). The monoisotopic (exact) mass is 361 g/mol. The number of nitrogens with one attached hydrogen (secondary N) is 2. The first-order valence-corrected chi connectivity index (χ1v) is 8.82. The fourth-order valence-corrected chi connectivity index (χ4v) is 3.17. The number of nitrogens with zero attached hydrogens (tertiary/aromatic N) is 3. The van der Waals surface area contributed by atoms with Crippen LogP contribution in [0.2, 0.25) is 0 Å². The van der Waals surface area contributed by atoms with Gasteiger partial charge in [-0.1, -0.05) is 35.4 Å². The molecule has 0 aliphatic rings. The largest absolute Gasteiger partial charge is 0.327 e. The van der Waals surface area contributed by atoms with Crippen LogP contribution in [0.1, 0.15) is 16.8 Å². The van der Waals surface area contributed by atoms with Gasteiger partial charge in [0, 0.05) is 11.4 Å². The van der Waals surface area contributed by atoms with Gasteiger partial charge in [-0.05, 0) is 57.3 Å². The van der Waals surface area contributed by atoms with E-state index in [1.807, 2.05) is 35.8 Å². The van der Waals surface area contributed by atoms with Gasteiger partial charge in [-0.3, -0.25) is 4.57 Å². The average molecular weight is 361 g/mol. The zero-order chi connectivity index (χ0) is 18.3. The molecule has 0 spiro atoms. The van der Waals surface area contributed by atoms with Crippen LogP contribution in [-0.2, 0) is 0 Å². The van der Waals surface area contributed by atoms with Crippen LogP contribution in [0.15, 0.2) is 48.5 Å². The third-order valence-electron chi connectivity index (χ3n) is 4.32. The van der Waals surface area contributed by atoms with Crippen molar-refractivity contribution in [3.63, 3.8) is 0 Å². The third-order valence-corrected chi connectivity index (χ3v) is 4.60. The molecule has 0 atom stereocenters. The van der Waals surface area contributed by atoms with Crippen LogP contribution < -0.4 is 5.32 Å². The van der Waals surface area contributed by atoms with E-state index in [9.17, 15) is 0 Å². The van der Waals surface area contributed by atoms with Crippen molar-refractivity contribution in [2.24, 2.45) is 0 Å². The maximum absolute atomic E-state index is 5.53. The molecule has 130 valence electrons. The summed E-state index contributed by atoms with van der Waals surface area (Å²) in [6.07, 6.45) is 0. The van der Waals surface area contributed by atoms with Crippen molar-refractivity contribution in [1.29, 1.82) is 0 Å². The van der Waals surface area contributed by atoms with E-state index < -0.39 is 0 Å². The molecule has 2 heterocycles. The van der Waals surface area contributed by atoms with E-state index in [1.165, 1.54) is 11.1 Å². The van der Waals surface area contributed by atoms with Crippen molar-refractivity contribution >= 4 is 35.0 Å². The molecule has 2 aromatic heterocycles. The van der Waals surface area contributed by atoms with Crippen molar-refractivity contribution in [2.45, 2.75) is 20.8 Å². The summed E-state index contributed by atoms with van der Waals surface area (Å²) in [6, 6.07) is 16.4. The second-order valence-electron chi connectivity index (χ2n) is 6.42. The SMILES string of the molecule is Cc1ccc(Nc2nc(C)c3[nH]c(=S)n(-c4ccc(C)cc4)c3n2)cc1. The lowest BCUT2D eigenvalue weighted by Gasteiger charge is -2.08. The Morgan fingerprint density at radius 2 is 1.50 bits per heavy atom. The van der Waals surface area contributed by atoms with Crippen LogP contribution >= 0.6 is 12.2 Å². The summed E-state index contributed by atoms with van der Waals surface area (Å²) >= 11 is 5.53. The molecular weight excluding hydrogens is 342 g/mol. The van der Waals surface area contributed by atoms with Crippen LogP contribution in [0.25, 0.3) is 16.9 Å². The lowest BCUT2D eigenvalue weighted by Crippen LogP contribution is -2.02. The van der Waals surface area contributed by atoms with Gasteiger partial charge in [0.05, 0.1) is 5.69 Å². The average Bonchev–Trinajstić information content (AvgIpc) is 2.95. The van der Waals surface area contributed by atoms with Gasteiger partial charge >= 0.3 is 0 Å². The smallest absolute Gasteiger partial charge is 0.229 e. The molecule has 0 aliphatic carbocycles. The molecule has 5 nitrogen and oxygen atoms in total. The van der Waals surface area contributed by atoms with E-state index in [4.69, 9.17) is 17.2 Å². The number of hydrogen-bond donors (Lipinski definition) is 2. The van der Waals surface area contributed by atoms with E-state index >= 15 is 0 Å². The summed E-state index contributed by atoms with van der Waals surface area (Å²) in [7, 11) is 0. The Hall–Kier alpha value is -2.99. The number of fused-ring (bicyclic) bond motifs is 1. The molecule has 0 radical (unpaired) electrons. The quantitative estimate of drug-likeness (QED) is 0.496. The van der Waals surface area contributed by atoms with Crippen LogP contribution in [0.5, 0.6) is 0 Å². The molecular formula is C20H19N5S. The highest BCUT2D eigenvalue weighted by atomic mass is 32.1. The second kappa shape index (κ2) is 6.38. The molecule has 4 aromatic rings. The summed E-state index contributed by atoms with van der Waals surface area (Å²) in [5.74, 6) is 0.550. The number of anilines is 2. The van der Waals surface area contributed by atoms with Crippen LogP contribution in [0, 0.1) is 25.5 Å². The summed E-state index contributed by atoms with van der Waals surface area (Å²) < 4.78 is 2.55. The first-order valence-electron chi connectivity index (χ1n) is 8.41. The lowest BCUT2D eigenvalue weighted by atomic mass is 10.2. The van der Waals surface area contributed by atoms with E-state index in [0.717, 1.165) is 28.2 Å². The summed E-state index contributed by atoms with van der Waals surface area (Å²) in [6.45, 7) is 6.08. The minimum Gasteiger partial charge on any atom is -0.327 e. The van der Waals surface area contributed by atoms with Crippen molar-refractivity contribution in [3.8, 4) is 5.69 Å². The van der Waals surface area contributed by atoms with Gasteiger partial charge in [-0.2, -0.15) is 4.98 Å². The molecule has 4 rings (SSSR count). The Morgan fingerprint density at radius 1 is 0.885 bits per heavy atom. The predicted molar refractivity (Wildman–Crippen MR) is 108 cm³/mol. The van der Waals surface area contributed by atoms with Gasteiger partial charge in [0.1, 0.15) is 5.52 Å². The van der Waals surface area contributed by atoms with Crippen molar-refractivity contribution in [3.05, 3.63) is 70.1 Å². The number of aryl methyl sites for hydroxylation is 3. The number of H-pyrrole nitrogens is 1. The number of hydrogen-bond acceptors (Lipinski definition) is 4. The van der Waals surface area contributed by atoms with Gasteiger partial charge < -0.3 is 10.3 Å². The fourth-order valence-electron chi connectivity index (χ4n) is 2.88. The number of aromatic amines is 1. The van der Waals surface area contributed by atoms with Crippen LogP contribution in [0.3, 0.4) is 0 Å². The lowest BCUT2D eigenvalue weighted by molar-refractivity contribution is 1.04. The number of benzene rings is 2. The molecule has 0 unspecified atom stereocenters. The van der Waals surface area contributed by atoms with Crippen LogP contribution in [-0.4, -0.2) is 19.5 Å². The second-order valence-corrected chi connectivity index (χ2v) is 6.81. The van der Waals surface area contributed by atoms with Gasteiger partial charge in [-0.15, -0.1) is 0 Å². The normalized spacial score (nSPS) is 11.0. The molecule has 0 fully saturated rings. The zero-order valence-electron chi connectivity index (χ0n) is 14.9. The molecule has 2 N–H and O–H groups in total. The van der Waals surface area contributed by atoms with Crippen molar-refractivity contribution in [2.75, 3.05) is 5.32 Å². The fraction of sp³-hybridized carbons (Fsp3) is 0.150. The Labute approximate surface area is 156 Å². The Bertz CT molecular complexity index is 1140. The Kier molecular flexibility index (Phi) is 4.05. The zero-order valence-corrected chi connectivity index (χ0v) is 15.7. The van der Waals surface area contributed by atoms with Crippen molar-refractivity contribution in [1.82, 2.24) is 19.5 Å². The molecule has 6 heteroatoms. The van der Waals surface area contributed by atoms with Gasteiger partial charge in [0.2, 0.25) is 5.95 Å². The highest BCUT2D eigenvalue weighted by Crippen LogP contribution is 2.23. The summed E-state index contributed by atoms with van der Waals surface area (Å²) in [5.41, 5.74) is 6.80. The minimum absolute atomic E-state index is 0.550. The van der Waals surface area contributed by atoms with Crippen molar-refractivity contribution < 1.29 is 0 Å².